The van der Waals surface area contributed by atoms with Crippen LogP contribution in [-0.4, -0.2) is 49.6 Å². The van der Waals surface area contributed by atoms with Crippen LogP contribution in [0, 0.1) is 11.8 Å². The number of hydrogen-bond acceptors (Lipinski definition) is 2. The second kappa shape index (κ2) is 9.96. The average molecular weight is 422 g/mol. The molecule has 2 rings (SSSR count). The fraction of sp³-hybridized carbons (Fsp3) is 0.941. The first-order valence-corrected chi connectivity index (χ1v) is 8.83. The molecule has 3 atom stereocenters. The molecule has 0 bridgehead atoms. The van der Waals surface area contributed by atoms with Crippen molar-refractivity contribution in [1.29, 1.82) is 0 Å². The zero-order chi connectivity index (χ0) is 15.2. The van der Waals surface area contributed by atoms with Crippen molar-refractivity contribution < 1.29 is 0 Å². The lowest BCUT2D eigenvalue weighted by atomic mass is 10.0. The summed E-state index contributed by atoms with van der Waals surface area (Å²) >= 11 is 0. The van der Waals surface area contributed by atoms with Gasteiger partial charge in [0, 0.05) is 25.7 Å². The number of nitrogens with one attached hydrogen (secondary N) is 2. The van der Waals surface area contributed by atoms with Crippen LogP contribution in [0.25, 0.3) is 0 Å². The quantitative estimate of drug-likeness (QED) is 0.407. The predicted octanol–water partition coefficient (Wildman–Crippen LogP) is 3.08. The first kappa shape index (κ1) is 20.0. The first-order valence-electron chi connectivity index (χ1n) is 8.83. The number of aliphatic imine (C=N–C) groups is 1. The molecule has 3 unspecified atom stereocenters. The lowest BCUT2D eigenvalue weighted by Gasteiger charge is -2.34. The van der Waals surface area contributed by atoms with E-state index in [0.717, 1.165) is 18.4 Å². The molecule has 2 N–H and O–H groups in total. The highest BCUT2D eigenvalue weighted by Crippen LogP contribution is 2.28. The summed E-state index contributed by atoms with van der Waals surface area (Å²) in [5.41, 5.74) is 0. The lowest BCUT2D eigenvalue weighted by Crippen LogP contribution is -2.50. The van der Waals surface area contributed by atoms with E-state index in [-0.39, 0.29) is 24.0 Å². The number of guanidine groups is 1. The van der Waals surface area contributed by atoms with E-state index in [2.05, 4.69) is 41.3 Å². The molecule has 4 nitrogen and oxygen atoms in total. The van der Waals surface area contributed by atoms with Crippen LogP contribution in [0.4, 0.5) is 0 Å². The van der Waals surface area contributed by atoms with Gasteiger partial charge in [0.15, 0.2) is 5.96 Å². The number of hydrogen-bond donors (Lipinski definition) is 2. The molecular formula is C17H35IN4. The van der Waals surface area contributed by atoms with E-state index in [1.54, 1.807) is 0 Å². The van der Waals surface area contributed by atoms with Crippen molar-refractivity contribution in [2.24, 2.45) is 16.8 Å². The third kappa shape index (κ3) is 6.22. The minimum Gasteiger partial charge on any atom is -0.355 e. The van der Waals surface area contributed by atoms with Gasteiger partial charge in [-0.3, -0.25) is 9.89 Å². The van der Waals surface area contributed by atoms with E-state index in [9.17, 15) is 0 Å². The van der Waals surface area contributed by atoms with Gasteiger partial charge in [0.2, 0.25) is 0 Å². The fourth-order valence-corrected chi connectivity index (χ4v) is 3.31. The van der Waals surface area contributed by atoms with Crippen LogP contribution in [-0.2, 0) is 0 Å². The molecule has 0 radical (unpaired) electrons. The van der Waals surface area contributed by atoms with Gasteiger partial charge in [0.05, 0.1) is 0 Å². The van der Waals surface area contributed by atoms with Gasteiger partial charge in [-0.2, -0.15) is 0 Å². The smallest absolute Gasteiger partial charge is 0.191 e. The van der Waals surface area contributed by atoms with E-state index in [0.29, 0.717) is 18.0 Å². The minimum absolute atomic E-state index is 0. The van der Waals surface area contributed by atoms with Gasteiger partial charge < -0.3 is 10.6 Å². The van der Waals surface area contributed by atoms with E-state index < -0.39 is 0 Å². The SMILES string of the molecule is CN=C(NCC(C(C)C)N1CCCCCC1)NC1CC1C.I. The molecule has 0 amide bonds. The van der Waals surface area contributed by atoms with Crippen LogP contribution in [0.5, 0.6) is 0 Å². The van der Waals surface area contributed by atoms with E-state index in [1.807, 2.05) is 7.05 Å². The molecule has 2 fully saturated rings. The van der Waals surface area contributed by atoms with E-state index in [1.165, 1.54) is 45.2 Å². The number of nitrogens with zero attached hydrogens (tertiary/aromatic N) is 2. The monoisotopic (exact) mass is 422 g/mol. The third-order valence-corrected chi connectivity index (χ3v) is 5.01. The maximum absolute atomic E-state index is 4.37. The van der Waals surface area contributed by atoms with Crippen LogP contribution < -0.4 is 10.6 Å². The molecule has 1 heterocycles. The molecule has 0 aromatic heterocycles. The first-order chi connectivity index (χ1) is 10.1. The molecule has 22 heavy (non-hydrogen) atoms. The van der Waals surface area contributed by atoms with Gasteiger partial charge in [0.1, 0.15) is 0 Å². The molecule has 5 heteroatoms. The van der Waals surface area contributed by atoms with Crippen molar-refractivity contribution in [1.82, 2.24) is 15.5 Å². The maximum Gasteiger partial charge on any atom is 0.191 e. The predicted molar refractivity (Wildman–Crippen MR) is 106 cm³/mol. The van der Waals surface area contributed by atoms with E-state index >= 15 is 0 Å². The summed E-state index contributed by atoms with van der Waals surface area (Å²) < 4.78 is 0. The summed E-state index contributed by atoms with van der Waals surface area (Å²) in [6.45, 7) is 10.5. The summed E-state index contributed by atoms with van der Waals surface area (Å²) in [6.07, 6.45) is 6.79. The van der Waals surface area contributed by atoms with Gasteiger partial charge >= 0.3 is 0 Å². The number of likely N-dealkylation sites (tertiary alicyclic amines) is 1. The third-order valence-electron chi connectivity index (χ3n) is 5.01. The Morgan fingerprint density at radius 3 is 2.23 bits per heavy atom. The molecule has 0 aromatic rings. The van der Waals surface area contributed by atoms with Gasteiger partial charge in [-0.15, -0.1) is 24.0 Å². The van der Waals surface area contributed by atoms with Crippen LogP contribution in [0.3, 0.4) is 0 Å². The Hall–Kier alpha value is -0.0400. The van der Waals surface area contributed by atoms with Crippen LogP contribution in [0.15, 0.2) is 4.99 Å². The van der Waals surface area contributed by atoms with Crippen molar-refractivity contribution in [3.05, 3.63) is 0 Å². The van der Waals surface area contributed by atoms with Crippen molar-refractivity contribution >= 4 is 29.9 Å². The van der Waals surface area contributed by atoms with Crippen molar-refractivity contribution in [2.75, 3.05) is 26.7 Å². The molecule has 1 aliphatic carbocycles. The molecule has 2 aliphatic rings. The highest BCUT2D eigenvalue weighted by molar-refractivity contribution is 14.0. The van der Waals surface area contributed by atoms with Crippen LogP contribution in [0.1, 0.15) is 52.9 Å². The maximum atomic E-state index is 4.37. The minimum atomic E-state index is 0. The molecule has 130 valence electrons. The largest absolute Gasteiger partial charge is 0.355 e. The van der Waals surface area contributed by atoms with Crippen LogP contribution in [0.2, 0.25) is 0 Å². The Labute approximate surface area is 153 Å². The van der Waals surface area contributed by atoms with E-state index in [4.69, 9.17) is 0 Å². The van der Waals surface area contributed by atoms with Crippen molar-refractivity contribution in [2.45, 2.75) is 65.0 Å². The summed E-state index contributed by atoms with van der Waals surface area (Å²) in [5.74, 6) is 2.45. The Kier molecular flexibility index (Phi) is 9.05. The summed E-state index contributed by atoms with van der Waals surface area (Å²) in [5, 5.41) is 7.08. The Bertz CT molecular complexity index is 338. The Morgan fingerprint density at radius 2 is 1.77 bits per heavy atom. The van der Waals surface area contributed by atoms with Gasteiger partial charge in [0.25, 0.3) is 0 Å². The summed E-state index contributed by atoms with van der Waals surface area (Å²) in [7, 11) is 1.87. The summed E-state index contributed by atoms with van der Waals surface area (Å²) in [4.78, 5) is 7.07. The van der Waals surface area contributed by atoms with Gasteiger partial charge in [-0.25, -0.2) is 0 Å². The summed E-state index contributed by atoms with van der Waals surface area (Å²) in [6, 6.07) is 1.24. The lowest BCUT2D eigenvalue weighted by molar-refractivity contribution is 0.161. The molecule has 1 saturated heterocycles. The zero-order valence-corrected chi connectivity index (χ0v) is 17.1. The normalized spacial score (nSPS) is 27.8. The fourth-order valence-electron chi connectivity index (χ4n) is 3.31. The number of rotatable bonds is 5. The highest BCUT2D eigenvalue weighted by atomic mass is 127. The van der Waals surface area contributed by atoms with Crippen molar-refractivity contribution in [3.8, 4) is 0 Å². The molecule has 1 saturated carbocycles. The zero-order valence-electron chi connectivity index (χ0n) is 14.8. The molecule has 1 aliphatic heterocycles. The number of halogens is 1. The van der Waals surface area contributed by atoms with Gasteiger partial charge in [-0.1, -0.05) is 33.6 Å². The molecule has 0 aromatic carbocycles. The van der Waals surface area contributed by atoms with Crippen LogP contribution >= 0.6 is 24.0 Å². The molecule has 0 spiro atoms. The standard InChI is InChI=1S/C17H34N4.HI/c1-13(2)16(21-9-7-5-6-8-10-21)12-19-17(18-4)20-15-11-14(15)3;/h13-16H,5-12H2,1-4H3,(H2,18,19,20);1H. The second-order valence-electron chi connectivity index (χ2n) is 7.18. The molecular weight excluding hydrogens is 387 g/mol. The Morgan fingerprint density at radius 1 is 1.18 bits per heavy atom. The van der Waals surface area contributed by atoms with Crippen molar-refractivity contribution in [3.63, 3.8) is 0 Å². The Balaban J connectivity index is 0.00000242. The average Bonchev–Trinajstić information content (AvgIpc) is 3.20. The topological polar surface area (TPSA) is 39.7 Å². The van der Waals surface area contributed by atoms with Gasteiger partial charge in [-0.05, 0) is 44.2 Å². The second-order valence-corrected chi connectivity index (χ2v) is 7.18. The highest BCUT2D eigenvalue weighted by Gasteiger charge is 2.33.